The van der Waals surface area contributed by atoms with Crippen LogP contribution in [0.4, 0.5) is 0 Å². The van der Waals surface area contributed by atoms with Gasteiger partial charge in [0.1, 0.15) is 12.4 Å². The molecule has 2 rings (SSSR count). The van der Waals surface area contributed by atoms with Crippen molar-refractivity contribution in [2.75, 3.05) is 0 Å². The van der Waals surface area contributed by atoms with Crippen LogP contribution in [-0.4, -0.2) is 15.9 Å². The minimum atomic E-state index is 0.422. The van der Waals surface area contributed by atoms with Gasteiger partial charge in [0.2, 0.25) is 0 Å². The number of aromatic nitrogens is 1. The summed E-state index contributed by atoms with van der Waals surface area (Å²) in [7, 11) is 0. The minimum absolute atomic E-state index is 0.422. The van der Waals surface area contributed by atoms with Crippen LogP contribution in [0.15, 0.2) is 47.8 Å². The van der Waals surface area contributed by atoms with E-state index in [4.69, 9.17) is 9.94 Å². The fourth-order valence-electron chi connectivity index (χ4n) is 1.69. The molecule has 0 radical (unpaired) electrons. The molecular weight excluding hydrogens is 240 g/mol. The molecule has 1 aromatic heterocycles. The van der Waals surface area contributed by atoms with E-state index >= 15 is 0 Å². The molecule has 0 unspecified atom stereocenters. The van der Waals surface area contributed by atoms with Crippen LogP contribution in [0, 0.1) is 6.92 Å². The van der Waals surface area contributed by atoms with Crippen molar-refractivity contribution in [3.8, 4) is 5.75 Å². The number of oxime groups is 1. The Labute approximate surface area is 112 Å². The highest BCUT2D eigenvalue weighted by Gasteiger charge is 2.03. The van der Waals surface area contributed by atoms with E-state index in [-0.39, 0.29) is 0 Å². The molecule has 4 heteroatoms. The van der Waals surface area contributed by atoms with Crippen LogP contribution >= 0.6 is 0 Å². The van der Waals surface area contributed by atoms with Crippen LogP contribution in [0.2, 0.25) is 0 Å². The number of ether oxygens (including phenoxy) is 1. The van der Waals surface area contributed by atoms with Crippen LogP contribution in [0.25, 0.3) is 0 Å². The van der Waals surface area contributed by atoms with Crippen LogP contribution in [-0.2, 0) is 6.61 Å². The summed E-state index contributed by atoms with van der Waals surface area (Å²) in [6.45, 7) is 4.16. The number of nitrogens with zero attached hydrogens (tertiary/aromatic N) is 2. The van der Waals surface area contributed by atoms with Gasteiger partial charge in [0, 0.05) is 11.8 Å². The summed E-state index contributed by atoms with van der Waals surface area (Å²) in [4.78, 5) is 4.28. The Hall–Kier alpha value is -2.36. The number of benzene rings is 1. The highest BCUT2D eigenvalue weighted by molar-refractivity contribution is 5.98. The SMILES string of the molecule is C/C(=N/O)c1cccc(OCc2ncccc2C)c1. The van der Waals surface area contributed by atoms with E-state index in [1.807, 2.05) is 43.3 Å². The van der Waals surface area contributed by atoms with Gasteiger partial charge in [-0.1, -0.05) is 23.4 Å². The summed E-state index contributed by atoms with van der Waals surface area (Å²) >= 11 is 0. The maximum absolute atomic E-state index is 8.76. The topological polar surface area (TPSA) is 54.7 Å². The van der Waals surface area contributed by atoms with E-state index in [1.54, 1.807) is 13.1 Å². The molecule has 1 N–H and O–H groups in total. The molecule has 0 aliphatic rings. The lowest BCUT2D eigenvalue weighted by Gasteiger charge is -2.08. The zero-order valence-electron chi connectivity index (χ0n) is 11.0. The van der Waals surface area contributed by atoms with E-state index in [9.17, 15) is 0 Å². The van der Waals surface area contributed by atoms with Crippen LogP contribution in [0.1, 0.15) is 23.7 Å². The molecule has 0 aliphatic heterocycles. The van der Waals surface area contributed by atoms with Crippen molar-refractivity contribution in [2.45, 2.75) is 20.5 Å². The molecule has 0 atom stereocenters. The van der Waals surface area contributed by atoms with Crippen molar-refractivity contribution in [3.63, 3.8) is 0 Å². The first-order valence-corrected chi connectivity index (χ1v) is 6.03. The number of hydrogen-bond acceptors (Lipinski definition) is 4. The molecule has 0 spiro atoms. The predicted molar refractivity (Wildman–Crippen MR) is 73.7 cm³/mol. The molecule has 0 aliphatic carbocycles. The minimum Gasteiger partial charge on any atom is -0.487 e. The first-order chi connectivity index (χ1) is 9.20. The third-order valence-electron chi connectivity index (χ3n) is 2.90. The summed E-state index contributed by atoms with van der Waals surface area (Å²) in [5.41, 5.74) is 3.41. The largest absolute Gasteiger partial charge is 0.487 e. The molecule has 0 amide bonds. The molecule has 4 nitrogen and oxygen atoms in total. The van der Waals surface area contributed by atoms with Gasteiger partial charge in [0.25, 0.3) is 0 Å². The van der Waals surface area contributed by atoms with Gasteiger partial charge in [-0.25, -0.2) is 0 Å². The maximum atomic E-state index is 8.76. The maximum Gasteiger partial charge on any atom is 0.130 e. The molecule has 19 heavy (non-hydrogen) atoms. The van der Waals surface area contributed by atoms with Crippen molar-refractivity contribution >= 4 is 5.71 Å². The number of hydrogen-bond donors (Lipinski definition) is 1. The summed E-state index contributed by atoms with van der Waals surface area (Å²) in [6.07, 6.45) is 1.75. The second-order valence-corrected chi connectivity index (χ2v) is 4.27. The zero-order chi connectivity index (χ0) is 13.7. The molecule has 1 aromatic carbocycles. The van der Waals surface area contributed by atoms with Crippen molar-refractivity contribution in [1.82, 2.24) is 4.98 Å². The third-order valence-corrected chi connectivity index (χ3v) is 2.90. The average Bonchev–Trinajstić information content (AvgIpc) is 2.46. The Morgan fingerprint density at radius 3 is 2.89 bits per heavy atom. The Balaban J connectivity index is 2.10. The van der Waals surface area contributed by atoms with Gasteiger partial charge in [-0.2, -0.15) is 0 Å². The van der Waals surface area contributed by atoms with Gasteiger partial charge in [-0.3, -0.25) is 4.98 Å². The number of aryl methyl sites for hydroxylation is 1. The highest BCUT2D eigenvalue weighted by Crippen LogP contribution is 2.16. The summed E-state index contributed by atoms with van der Waals surface area (Å²) in [6, 6.07) is 11.4. The lowest BCUT2D eigenvalue weighted by atomic mass is 10.1. The Kier molecular flexibility index (Phi) is 4.13. The van der Waals surface area contributed by atoms with Crippen LogP contribution in [0.3, 0.4) is 0 Å². The lowest BCUT2D eigenvalue weighted by molar-refractivity contribution is 0.300. The molecule has 0 fully saturated rings. The van der Waals surface area contributed by atoms with Crippen molar-refractivity contribution in [3.05, 3.63) is 59.4 Å². The fourth-order valence-corrected chi connectivity index (χ4v) is 1.69. The van der Waals surface area contributed by atoms with Crippen molar-refractivity contribution in [2.24, 2.45) is 5.16 Å². The number of rotatable bonds is 4. The molecule has 0 bridgehead atoms. The summed E-state index contributed by atoms with van der Waals surface area (Å²) < 4.78 is 5.71. The second-order valence-electron chi connectivity index (χ2n) is 4.27. The van der Waals surface area contributed by atoms with Gasteiger partial charge in [-0.15, -0.1) is 0 Å². The van der Waals surface area contributed by atoms with Gasteiger partial charge in [-0.05, 0) is 37.6 Å². The summed E-state index contributed by atoms with van der Waals surface area (Å²) in [5.74, 6) is 0.727. The predicted octanol–water partition coefficient (Wildman–Crippen LogP) is 3.17. The van der Waals surface area contributed by atoms with E-state index in [0.717, 1.165) is 22.6 Å². The lowest BCUT2D eigenvalue weighted by Crippen LogP contribution is -2.01. The fraction of sp³-hybridized carbons (Fsp3) is 0.200. The Morgan fingerprint density at radius 2 is 2.16 bits per heavy atom. The first-order valence-electron chi connectivity index (χ1n) is 6.03. The Bertz CT molecular complexity index is 594. The monoisotopic (exact) mass is 256 g/mol. The van der Waals surface area contributed by atoms with Gasteiger partial charge < -0.3 is 9.94 Å². The van der Waals surface area contributed by atoms with Crippen molar-refractivity contribution in [1.29, 1.82) is 0 Å². The van der Waals surface area contributed by atoms with Crippen LogP contribution < -0.4 is 4.74 Å². The van der Waals surface area contributed by atoms with Gasteiger partial charge in [0.05, 0.1) is 11.4 Å². The molecule has 0 saturated heterocycles. The molecule has 2 aromatic rings. The summed E-state index contributed by atoms with van der Waals surface area (Å²) in [5, 5.41) is 11.9. The van der Waals surface area contributed by atoms with Crippen LogP contribution in [0.5, 0.6) is 5.75 Å². The van der Waals surface area contributed by atoms with Gasteiger partial charge >= 0.3 is 0 Å². The van der Waals surface area contributed by atoms with Gasteiger partial charge in [0.15, 0.2) is 0 Å². The molecule has 98 valence electrons. The van der Waals surface area contributed by atoms with Crippen molar-refractivity contribution < 1.29 is 9.94 Å². The standard InChI is InChI=1S/C15H16N2O2/c1-11-5-4-8-16-15(11)10-19-14-7-3-6-13(9-14)12(2)17-18/h3-9,18H,10H2,1-2H3/b17-12-. The zero-order valence-corrected chi connectivity index (χ0v) is 11.0. The third kappa shape index (κ3) is 3.31. The molecule has 0 saturated carbocycles. The first kappa shape index (κ1) is 13.1. The van der Waals surface area contributed by atoms with E-state index in [0.29, 0.717) is 12.3 Å². The van der Waals surface area contributed by atoms with E-state index in [2.05, 4.69) is 10.1 Å². The average molecular weight is 256 g/mol. The van der Waals surface area contributed by atoms with E-state index in [1.165, 1.54) is 0 Å². The quantitative estimate of drug-likeness (QED) is 0.519. The second kappa shape index (κ2) is 6.00. The smallest absolute Gasteiger partial charge is 0.130 e. The Morgan fingerprint density at radius 1 is 1.32 bits per heavy atom. The number of pyridine rings is 1. The normalized spacial score (nSPS) is 11.4. The highest BCUT2D eigenvalue weighted by atomic mass is 16.5. The van der Waals surface area contributed by atoms with E-state index < -0.39 is 0 Å². The molecule has 1 heterocycles. The molecular formula is C15H16N2O2.